The lowest BCUT2D eigenvalue weighted by Crippen LogP contribution is -2.22. The molecule has 0 aliphatic heterocycles. The Balaban J connectivity index is 1.74. The number of halogens is 4. The topological polar surface area (TPSA) is 93.5 Å². The summed E-state index contributed by atoms with van der Waals surface area (Å²) < 4.78 is 53.8. The van der Waals surface area contributed by atoms with Crippen molar-refractivity contribution in [1.82, 2.24) is 24.5 Å². The van der Waals surface area contributed by atoms with Crippen molar-refractivity contribution in [2.75, 3.05) is 0 Å². The van der Waals surface area contributed by atoms with Gasteiger partial charge in [-0.3, -0.25) is 9.36 Å². The second-order valence-corrected chi connectivity index (χ2v) is 7.71. The van der Waals surface area contributed by atoms with Gasteiger partial charge in [0.05, 0.1) is 23.0 Å². The normalized spacial score (nSPS) is 11.9. The van der Waals surface area contributed by atoms with Crippen LogP contribution in [0.3, 0.4) is 0 Å². The minimum absolute atomic E-state index is 0.00627. The van der Waals surface area contributed by atoms with E-state index in [1.165, 1.54) is 22.5 Å². The van der Waals surface area contributed by atoms with Gasteiger partial charge in [0, 0.05) is 11.9 Å². The fourth-order valence-corrected chi connectivity index (χ4v) is 4.20. The molecule has 0 spiro atoms. The zero-order valence-corrected chi connectivity index (χ0v) is 16.2. The molecule has 0 fully saturated rings. The van der Waals surface area contributed by atoms with Crippen LogP contribution in [0.5, 0.6) is 0 Å². The number of H-pyrrole nitrogens is 1. The molecule has 0 bridgehead atoms. The van der Waals surface area contributed by atoms with E-state index in [0.717, 1.165) is 35.2 Å². The Bertz CT molecular complexity index is 1340. The molecule has 0 aliphatic carbocycles. The van der Waals surface area contributed by atoms with Crippen LogP contribution in [0.1, 0.15) is 11.1 Å². The molecule has 4 rings (SSSR count). The molecule has 0 amide bonds. The van der Waals surface area contributed by atoms with Crippen molar-refractivity contribution in [3.05, 3.63) is 73.9 Å². The van der Waals surface area contributed by atoms with Crippen LogP contribution >= 0.6 is 23.1 Å². The van der Waals surface area contributed by atoms with E-state index < -0.39 is 28.8 Å². The quantitative estimate of drug-likeness (QED) is 0.288. The zero-order valence-electron chi connectivity index (χ0n) is 14.6. The highest BCUT2D eigenvalue weighted by Crippen LogP contribution is 2.32. The van der Waals surface area contributed by atoms with Gasteiger partial charge >= 0.3 is 11.9 Å². The van der Waals surface area contributed by atoms with Crippen LogP contribution < -0.4 is 11.2 Å². The fourth-order valence-electron chi connectivity index (χ4n) is 2.56. The maximum atomic E-state index is 14.2. The summed E-state index contributed by atoms with van der Waals surface area (Å²) in [6.45, 7) is 0. The molecule has 0 radical (unpaired) electrons. The van der Waals surface area contributed by atoms with Gasteiger partial charge in [0.15, 0.2) is 10.8 Å². The maximum Gasteiger partial charge on any atom is 0.416 e. The van der Waals surface area contributed by atoms with Gasteiger partial charge in [-0.15, -0.1) is 11.3 Å². The summed E-state index contributed by atoms with van der Waals surface area (Å²) in [5.74, 6) is -1.12. The number of nitrogens with zero attached hydrogens (tertiary/aromatic N) is 4. The second kappa shape index (κ2) is 7.65. The first-order valence-corrected chi connectivity index (χ1v) is 10.0. The van der Waals surface area contributed by atoms with E-state index in [1.54, 1.807) is 0 Å². The lowest BCUT2D eigenvalue weighted by atomic mass is 10.1. The number of aromatic amines is 1. The maximum absolute atomic E-state index is 14.2. The molecule has 3 heterocycles. The highest BCUT2D eigenvalue weighted by Gasteiger charge is 2.31. The van der Waals surface area contributed by atoms with Crippen LogP contribution in [-0.4, -0.2) is 24.5 Å². The van der Waals surface area contributed by atoms with Crippen LogP contribution in [0.15, 0.2) is 50.8 Å². The molecule has 7 nitrogen and oxygen atoms in total. The molecule has 0 atom stereocenters. The van der Waals surface area contributed by atoms with Crippen LogP contribution in [0, 0.1) is 5.82 Å². The summed E-state index contributed by atoms with van der Waals surface area (Å²) in [7, 11) is 0. The Morgan fingerprint density at radius 3 is 2.67 bits per heavy atom. The lowest BCUT2D eigenvalue weighted by Gasteiger charge is -2.12. The number of thiazole rings is 1. The molecule has 30 heavy (non-hydrogen) atoms. The van der Waals surface area contributed by atoms with Crippen LogP contribution in [0.4, 0.5) is 17.6 Å². The van der Waals surface area contributed by atoms with Crippen LogP contribution in [-0.2, 0) is 11.9 Å². The van der Waals surface area contributed by atoms with Gasteiger partial charge < -0.3 is 4.98 Å². The molecule has 13 heteroatoms. The Hall–Kier alpha value is -3.06. The number of aromatic nitrogens is 5. The number of rotatable bonds is 4. The molecule has 4 aromatic rings. The Labute approximate surface area is 172 Å². The lowest BCUT2D eigenvalue weighted by molar-refractivity contribution is -0.137. The second-order valence-electron chi connectivity index (χ2n) is 5.91. The molecule has 0 unspecified atom stereocenters. The largest absolute Gasteiger partial charge is 0.416 e. The monoisotopic (exact) mass is 455 g/mol. The fraction of sp³-hybridized carbons (Fsp3) is 0.118. The third kappa shape index (κ3) is 3.85. The first kappa shape index (κ1) is 20.2. The number of benzene rings is 1. The minimum Gasteiger partial charge on any atom is -0.311 e. The van der Waals surface area contributed by atoms with E-state index in [2.05, 4.69) is 19.9 Å². The summed E-state index contributed by atoms with van der Waals surface area (Å²) in [5.41, 5.74) is -0.310. The highest BCUT2D eigenvalue weighted by molar-refractivity contribution is 7.98. The number of nitrogens with one attached hydrogen (secondary N) is 1. The predicted molar refractivity (Wildman–Crippen MR) is 102 cm³/mol. The minimum atomic E-state index is -4.65. The number of fused-ring (bicyclic) bond motifs is 1. The molecule has 154 valence electrons. The summed E-state index contributed by atoms with van der Waals surface area (Å²) in [5, 5.41) is 0.117. The first-order chi connectivity index (χ1) is 14.2. The Kier molecular flexibility index (Phi) is 5.15. The average molecular weight is 455 g/mol. The van der Waals surface area contributed by atoms with E-state index in [1.807, 2.05) is 0 Å². The van der Waals surface area contributed by atoms with E-state index in [-0.39, 0.29) is 32.5 Å². The molecular weight excluding hydrogens is 446 g/mol. The van der Waals surface area contributed by atoms with E-state index in [9.17, 15) is 27.2 Å². The van der Waals surface area contributed by atoms with Crippen molar-refractivity contribution >= 4 is 33.4 Å². The SMILES string of the molecule is O=c1ncc(-n2c(SCc3ccc(C(F)(F)F)cc3F)nc3ncsc3c2=O)c[nH]1. The molecule has 0 saturated heterocycles. The third-order valence-corrected chi connectivity index (χ3v) is 5.78. The Morgan fingerprint density at radius 1 is 1.20 bits per heavy atom. The molecule has 0 saturated carbocycles. The van der Waals surface area contributed by atoms with Gasteiger partial charge in [-0.05, 0) is 17.7 Å². The highest BCUT2D eigenvalue weighted by atomic mass is 32.2. The number of hydrogen-bond acceptors (Lipinski definition) is 7. The van der Waals surface area contributed by atoms with E-state index in [0.29, 0.717) is 6.07 Å². The molecule has 3 aromatic heterocycles. The number of alkyl halides is 3. The van der Waals surface area contributed by atoms with Gasteiger partial charge in [0.25, 0.3) is 5.56 Å². The van der Waals surface area contributed by atoms with Crippen molar-refractivity contribution in [3.63, 3.8) is 0 Å². The van der Waals surface area contributed by atoms with Crippen molar-refractivity contribution in [2.24, 2.45) is 0 Å². The van der Waals surface area contributed by atoms with Gasteiger partial charge in [0.2, 0.25) is 0 Å². The smallest absolute Gasteiger partial charge is 0.311 e. The standard InChI is InChI=1S/C17H9F4N5O2S2/c18-11-3-9(17(19,20)21)2-1-8(11)6-29-16-25-13-12(30-7-24-13)14(27)26(16)10-4-22-15(28)23-5-10/h1-5,7H,6H2,(H,22,23,28). The summed E-state index contributed by atoms with van der Waals surface area (Å²) in [4.78, 5) is 38.4. The molecule has 1 N–H and O–H groups in total. The van der Waals surface area contributed by atoms with Gasteiger partial charge in [-0.25, -0.2) is 19.2 Å². The van der Waals surface area contributed by atoms with Crippen molar-refractivity contribution in [1.29, 1.82) is 0 Å². The van der Waals surface area contributed by atoms with Crippen molar-refractivity contribution in [2.45, 2.75) is 17.1 Å². The third-order valence-electron chi connectivity index (χ3n) is 3.99. The number of hydrogen-bond donors (Lipinski definition) is 1. The van der Waals surface area contributed by atoms with Gasteiger partial charge in [0.1, 0.15) is 10.5 Å². The predicted octanol–water partition coefficient (Wildman–Crippen LogP) is 3.38. The zero-order chi connectivity index (χ0) is 21.5. The molecule has 1 aromatic carbocycles. The van der Waals surface area contributed by atoms with E-state index >= 15 is 0 Å². The molecular formula is C17H9F4N5O2S2. The van der Waals surface area contributed by atoms with E-state index in [4.69, 9.17) is 0 Å². The van der Waals surface area contributed by atoms with Gasteiger partial charge in [-0.2, -0.15) is 18.2 Å². The van der Waals surface area contributed by atoms with Crippen LogP contribution in [0.2, 0.25) is 0 Å². The summed E-state index contributed by atoms with van der Waals surface area (Å²) in [6.07, 6.45) is -2.20. The summed E-state index contributed by atoms with van der Waals surface area (Å²) in [6, 6.07) is 2.25. The van der Waals surface area contributed by atoms with Crippen molar-refractivity contribution in [3.8, 4) is 5.69 Å². The van der Waals surface area contributed by atoms with Crippen LogP contribution in [0.25, 0.3) is 16.0 Å². The first-order valence-electron chi connectivity index (χ1n) is 8.14. The molecule has 0 aliphatic rings. The number of thioether (sulfide) groups is 1. The summed E-state index contributed by atoms with van der Waals surface area (Å²) >= 11 is 2.01. The Morgan fingerprint density at radius 2 is 2.00 bits per heavy atom. The van der Waals surface area contributed by atoms with Gasteiger partial charge in [-0.1, -0.05) is 17.8 Å². The van der Waals surface area contributed by atoms with Crippen molar-refractivity contribution < 1.29 is 17.6 Å². The average Bonchev–Trinajstić information content (AvgIpc) is 3.16.